The number of anilines is 1. The minimum atomic E-state index is 0.965. The van der Waals surface area contributed by atoms with Crippen LogP contribution in [0.4, 0.5) is 5.69 Å². The van der Waals surface area contributed by atoms with Crippen molar-refractivity contribution in [2.24, 2.45) is 0 Å². The summed E-state index contributed by atoms with van der Waals surface area (Å²) in [6.45, 7) is 3.03. The Balaban J connectivity index is 1.83. The van der Waals surface area contributed by atoms with E-state index in [2.05, 4.69) is 29.4 Å². The molecular formula is C12H14N2S. The molecule has 2 aromatic rings. The average molecular weight is 218 g/mol. The Morgan fingerprint density at radius 3 is 2.73 bits per heavy atom. The van der Waals surface area contributed by atoms with Gasteiger partial charge in [-0.1, -0.05) is 18.2 Å². The van der Waals surface area contributed by atoms with Crippen LogP contribution in [0.25, 0.3) is 0 Å². The molecule has 0 aliphatic rings. The normalized spacial score (nSPS) is 10.2. The number of thiazole rings is 1. The van der Waals surface area contributed by atoms with Gasteiger partial charge in [-0.05, 0) is 19.1 Å². The van der Waals surface area contributed by atoms with Crippen LogP contribution in [-0.2, 0) is 6.42 Å². The molecule has 1 aromatic carbocycles. The number of benzene rings is 1. The Bertz CT molecular complexity index is 409. The van der Waals surface area contributed by atoms with E-state index in [1.165, 1.54) is 10.6 Å². The maximum atomic E-state index is 4.23. The molecule has 0 aliphatic heterocycles. The Morgan fingerprint density at radius 2 is 2.07 bits per heavy atom. The number of rotatable bonds is 4. The quantitative estimate of drug-likeness (QED) is 0.853. The summed E-state index contributed by atoms with van der Waals surface area (Å²) in [5.41, 5.74) is 4.25. The van der Waals surface area contributed by atoms with Gasteiger partial charge in [0.1, 0.15) is 0 Å². The van der Waals surface area contributed by atoms with Crippen LogP contribution in [0.2, 0.25) is 0 Å². The SMILES string of the molecule is Cc1ncsc1CCNc1ccccc1. The molecule has 2 rings (SSSR count). The lowest BCUT2D eigenvalue weighted by Gasteiger charge is -2.04. The molecule has 0 saturated heterocycles. The first-order valence-corrected chi connectivity index (χ1v) is 5.92. The van der Waals surface area contributed by atoms with Crippen molar-refractivity contribution in [3.63, 3.8) is 0 Å². The van der Waals surface area contributed by atoms with Crippen molar-refractivity contribution in [1.82, 2.24) is 4.98 Å². The van der Waals surface area contributed by atoms with Crippen LogP contribution in [0.1, 0.15) is 10.6 Å². The van der Waals surface area contributed by atoms with Gasteiger partial charge in [0.25, 0.3) is 0 Å². The van der Waals surface area contributed by atoms with Crippen molar-refractivity contribution in [3.8, 4) is 0 Å². The Labute approximate surface area is 94.0 Å². The van der Waals surface area contributed by atoms with Gasteiger partial charge >= 0.3 is 0 Å². The average Bonchev–Trinajstić information content (AvgIpc) is 2.66. The lowest BCUT2D eigenvalue weighted by molar-refractivity contribution is 1.02. The highest BCUT2D eigenvalue weighted by atomic mass is 32.1. The van der Waals surface area contributed by atoms with Crippen LogP contribution >= 0.6 is 11.3 Å². The largest absolute Gasteiger partial charge is 0.385 e. The minimum Gasteiger partial charge on any atom is -0.385 e. The highest BCUT2D eigenvalue weighted by molar-refractivity contribution is 7.09. The number of nitrogens with zero attached hydrogens (tertiary/aromatic N) is 1. The lowest BCUT2D eigenvalue weighted by Crippen LogP contribution is -2.04. The first-order chi connectivity index (χ1) is 7.36. The third-order valence-electron chi connectivity index (χ3n) is 2.30. The molecule has 0 spiro atoms. The van der Waals surface area contributed by atoms with Gasteiger partial charge in [-0.2, -0.15) is 0 Å². The van der Waals surface area contributed by atoms with Gasteiger partial charge in [0, 0.05) is 23.5 Å². The predicted molar refractivity (Wildman–Crippen MR) is 65.5 cm³/mol. The lowest BCUT2D eigenvalue weighted by atomic mass is 10.3. The summed E-state index contributed by atoms with van der Waals surface area (Å²) in [5, 5.41) is 3.39. The van der Waals surface area contributed by atoms with Crippen LogP contribution in [0.5, 0.6) is 0 Å². The van der Waals surface area contributed by atoms with E-state index in [0.717, 1.165) is 18.7 Å². The monoisotopic (exact) mass is 218 g/mol. The van der Waals surface area contributed by atoms with Crippen molar-refractivity contribution in [2.45, 2.75) is 13.3 Å². The van der Waals surface area contributed by atoms with E-state index in [9.17, 15) is 0 Å². The number of nitrogens with one attached hydrogen (secondary N) is 1. The molecule has 0 fully saturated rings. The Kier molecular flexibility index (Phi) is 3.35. The maximum Gasteiger partial charge on any atom is 0.0797 e. The van der Waals surface area contributed by atoms with Crippen LogP contribution in [-0.4, -0.2) is 11.5 Å². The molecule has 15 heavy (non-hydrogen) atoms. The second kappa shape index (κ2) is 4.94. The molecule has 1 aromatic heterocycles. The van der Waals surface area contributed by atoms with Gasteiger partial charge in [-0.25, -0.2) is 4.98 Å². The smallest absolute Gasteiger partial charge is 0.0797 e. The number of para-hydroxylation sites is 1. The van der Waals surface area contributed by atoms with Crippen molar-refractivity contribution in [3.05, 3.63) is 46.4 Å². The molecule has 0 aliphatic carbocycles. The minimum absolute atomic E-state index is 0.965. The third kappa shape index (κ3) is 2.80. The highest BCUT2D eigenvalue weighted by Gasteiger charge is 2.00. The van der Waals surface area contributed by atoms with E-state index < -0.39 is 0 Å². The van der Waals surface area contributed by atoms with Crippen molar-refractivity contribution >= 4 is 17.0 Å². The third-order valence-corrected chi connectivity index (χ3v) is 3.29. The summed E-state index contributed by atoms with van der Waals surface area (Å²) in [6, 6.07) is 10.3. The van der Waals surface area contributed by atoms with Gasteiger partial charge in [0.2, 0.25) is 0 Å². The van der Waals surface area contributed by atoms with Gasteiger partial charge in [0.15, 0.2) is 0 Å². The van der Waals surface area contributed by atoms with Crippen LogP contribution in [0.15, 0.2) is 35.8 Å². The zero-order valence-corrected chi connectivity index (χ0v) is 9.55. The van der Waals surface area contributed by atoms with Gasteiger partial charge in [-0.15, -0.1) is 11.3 Å². The predicted octanol–water partition coefficient (Wildman–Crippen LogP) is 3.11. The van der Waals surface area contributed by atoms with Crippen molar-refractivity contribution < 1.29 is 0 Å². The topological polar surface area (TPSA) is 24.9 Å². The van der Waals surface area contributed by atoms with E-state index in [0.29, 0.717) is 0 Å². The molecule has 0 saturated carbocycles. The van der Waals surface area contributed by atoms with Gasteiger partial charge in [0.05, 0.1) is 11.2 Å². The fraction of sp³-hybridized carbons (Fsp3) is 0.250. The maximum absolute atomic E-state index is 4.23. The summed E-state index contributed by atoms with van der Waals surface area (Å²) in [5.74, 6) is 0. The van der Waals surface area contributed by atoms with E-state index in [1.54, 1.807) is 11.3 Å². The molecule has 0 bridgehead atoms. The molecule has 1 N–H and O–H groups in total. The Hall–Kier alpha value is -1.35. The molecule has 0 atom stereocenters. The van der Waals surface area contributed by atoms with Crippen LogP contribution in [0, 0.1) is 6.92 Å². The second-order valence-corrected chi connectivity index (χ2v) is 4.34. The number of aryl methyl sites for hydroxylation is 1. The van der Waals surface area contributed by atoms with E-state index in [1.807, 2.05) is 23.7 Å². The fourth-order valence-electron chi connectivity index (χ4n) is 1.44. The summed E-state index contributed by atoms with van der Waals surface area (Å²) >= 11 is 1.73. The first kappa shape index (κ1) is 10.2. The number of hydrogen-bond acceptors (Lipinski definition) is 3. The molecule has 0 radical (unpaired) electrons. The van der Waals surface area contributed by atoms with Gasteiger partial charge < -0.3 is 5.32 Å². The van der Waals surface area contributed by atoms with Crippen LogP contribution < -0.4 is 5.32 Å². The molecule has 0 amide bonds. The first-order valence-electron chi connectivity index (χ1n) is 5.04. The molecule has 1 heterocycles. The number of hydrogen-bond donors (Lipinski definition) is 1. The van der Waals surface area contributed by atoms with E-state index >= 15 is 0 Å². The zero-order chi connectivity index (χ0) is 10.5. The summed E-state index contributed by atoms with van der Waals surface area (Å²) in [4.78, 5) is 5.61. The van der Waals surface area contributed by atoms with Crippen LogP contribution in [0.3, 0.4) is 0 Å². The second-order valence-electron chi connectivity index (χ2n) is 3.40. The summed E-state index contributed by atoms with van der Waals surface area (Å²) < 4.78 is 0. The van der Waals surface area contributed by atoms with Gasteiger partial charge in [-0.3, -0.25) is 0 Å². The van der Waals surface area contributed by atoms with Crippen molar-refractivity contribution in [1.29, 1.82) is 0 Å². The standard InChI is InChI=1S/C12H14N2S/c1-10-12(15-9-14-10)7-8-13-11-5-3-2-4-6-11/h2-6,9,13H,7-8H2,1H3. The molecular weight excluding hydrogens is 204 g/mol. The Morgan fingerprint density at radius 1 is 1.27 bits per heavy atom. The summed E-state index contributed by atoms with van der Waals surface area (Å²) in [6.07, 6.45) is 1.05. The van der Waals surface area contributed by atoms with Crippen molar-refractivity contribution in [2.75, 3.05) is 11.9 Å². The molecule has 3 heteroatoms. The van der Waals surface area contributed by atoms with E-state index in [4.69, 9.17) is 0 Å². The highest BCUT2D eigenvalue weighted by Crippen LogP contribution is 2.13. The molecule has 78 valence electrons. The number of aromatic nitrogens is 1. The summed E-state index contributed by atoms with van der Waals surface area (Å²) in [7, 11) is 0. The fourth-order valence-corrected chi connectivity index (χ4v) is 2.22. The van der Waals surface area contributed by atoms with E-state index in [-0.39, 0.29) is 0 Å². The zero-order valence-electron chi connectivity index (χ0n) is 8.73. The molecule has 2 nitrogen and oxygen atoms in total. The molecule has 0 unspecified atom stereocenters.